The summed E-state index contributed by atoms with van der Waals surface area (Å²) in [6.45, 7) is -1.18. The zero-order chi connectivity index (χ0) is 18.0. The first-order chi connectivity index (χ1) is 12.0. The van der Waals surface area contributed by atoms with Crippen molar-refractivity contribution < 1.29 is 18.3 Å². The van der Waals surface area contributed by atoms with E-state index in [0.717, 1.165) is 11.8 Å². The molecular formula is C17H13F2N3O3. The van der Waals surface area contributed by atoms with Crippen molar-refractivity contribution in [1.82, 2.24) is 9.38 Å². The highest BCUT2D eigenvalue weighted by molar-refractivity contribution is 6.04. The number of benzene rings is 1. The number of ether oxygens (including phenoxy) is 1. The predicted octanol–water partition coefficient (Wildman–Crippen LogP) is 2.86. The number of amides is 1. The third-order valence-electron chi connectivity index (χ3n) is 3.46. The van der Waals surface area contributed by atoms with Gasteiger partial charge in [0, 0.05) is 12.4 Å². The molecule has 3 aromatic rings. The van der Waals surface area contributed by atoms with Crippen LogP contribution in [0.3, 0.4) is 0 Å². The first-order valence-corrected chi connectivity index (χ1v) is 7.29. The molecule has 0 spiro atoms. The van der Waals surface area contributed by atoms with E-state index in [1.54, 1.807) is 18.2 Å². The van der Waals surface area contributed by atoms with Gasteiger partial charge in [0.15, 0.2) is 0 Å². The predicted molar refractivity (Wildman–Crippen MR) is 87.2 cm³/mol. The fraction of sp³-hybridized carbons (Fsp3) is 0.118. The Balaban J connectivity index is 1.95. The molecule has 0 radical (unpaired) electrons. The van der Waals surface area contributed by atoms with Crippen molar-refractivity contribution in [2.45, 2.75) is 13.5 Å². The maximum atomic E-state index is 12.4. The molecule has 0 aliphatic heterocycles. The second-order valence-corrected chi connectivity index (χ2v) is 5.24. The maximum absolute atomic E-state index is 12.4. The third kappa shape index (κ3) is 3.47. The van der Waals surface area contributed by atoms with E-state index >= 15 is 0 Å². The first kappa shape index (κ1) is 16.6. The number of alkyl halides is 2. The van der Waals surface area contributed by atoms with Crippen molar-refractivity contribution >= 4 is 17.2 Å². The molecule has 1 N–H and O–H groups in total. The molecule has 0 saturated heterocycles. The molecule has 0 bridgehead atoms. The number of nitrogens with one attached hydrogen (secondary N) is 1. The van der Waals surface area contributed by atoms with Crippen LogP contribution in [0, 0.1) is 6.92 Å². The van der Waals surface area contributed by atoms with Gasteiger partial charge in [-0.3, -0.25) is 14.0 Å². The lowest BCUT2D eigenvalue weighted by Gasteiger charge is -2.11. The molecule has 1 amide bonds. The van der Waals surface area contributed by atoms with Gasteiger partial charge in [-0.25, -0.2) is 4.98 Å². The van der Waals surface area contributed by atoms with Crippen molar-refractivity contribution in [2.75, 3.05) is 5.32 Å². The van der Waals surface area contributed by atoms with Gasteiger partial charge < -0.3 is 10.1 Å². The van der Waals surface area contributed by atoms with Crippen LogP contribution in [0.15, 0.2) is 53.6 Å². The van der Waals surface area contributed by atoms with E-state index in [4.69, 9.17) is 0 Å². The highest BCUT2D eigenvalue weighted by Crippen LogP contribution is 2.25. The Kier molecular flexibility index (Phi) is 4.42. The van der Waals surface area contributed by atoms with E-state index in [1.165, 1.54) is 28.8 Å². The van der Waals surface area contributed by atoms with E-state index in [0.29, 0.717) is 5.65 Å². The van der Waals surface area contributed by atoms with E-state index in [1.807, 2.05) is 6.92 Å². The van der Waals surface area contributed by atoms with Crippen molar-refractivity contribution in [1.29, 1.82) is 0 Å². The minimum atomic E-state index is -3.03. The Bertz CT molecular complexity index is 1000. The summed E-state index contributed by atoms with van der Waals surface area (Å²) in [6, 6.07) is 9.13. The number of nitrogens with zero attached hydrogens (tertiary/aromatic N) is 2. The molecule has 8 heteroatoms. The minimum Gasteiger partial charge on any atom is -0.433 e. The van der Waals surface area contributed by atoms with Crippen molar-refractivity contribution in [3.05, 3.63) is 70.3 Å². The number of aryl methyl sites for hydroxylation is 1. The number of carbonyl (C=O) groups excluding carboxylic acids is 1. The Morgan fingerprint density at radius 1 is 1.28 bits per heavy atom. The van der Waals surface area contributed by atoms with Gasteiger partial charge in [-0.05, 0) is 36.8 Å². The molecule has 25 heavy (non-hydrogen) atoms. The summed E-state index contributed by atoms with van der Waals surface area (Å²) in [7, 11) is 0. The molecule has 0 fully saturated rings. The number of pyridine rings is 1. The monoisotopic (exact) mass is 345 g/mol. The number of carbonyl (C=O) groups is 1. The quantitative estimate of drug-likeness (QED) is 0.789. The van der Waals surface area contributed by atoms with Crippen molar-refractivity contribution in [3.63, 3.8) is 0 Å². The second kappa shape index (κ2) is 6.68. The fourth-order valence-corrected chi connectivity index (χ4v) is 2.29. The summed E-state index contributed by atoms with van der Waals surface area (Å²) in [5, 5.41) is 2.40. The Labute approximate surface area is 140 Å². The fourth-order valence-electron chi connectivity index (χ4n) is 2.29. The number of hydrogen-bond acceptors (Lipinski definition) is 4. The highest BCUT2D eigenvalue weighted by Gasteiger charge is 2.16. The van der Waals surface area contributed by atoms with Gasteiger partial charge in [-0.1, -0.05) is 12.1 Å². The van der Waals surface area contributed by atoms with Crippen molar-refractivity contribution in [3.8, 4) is 5.75 Å². The molecular weight excluding hydrogens is 332 g/mol. The molecule has 128 valence electrons. The summed E-state index contributed by atoms with van der Waals surface area (Å²) in [6.07, 6.45) is 2.67. The zero-order valence-corrected chi connectivity index (χ0v) is 13.1. The van der Waals surface area contributed by atoms with Crippen LogP contribution in [-0.2, 0) is 0 Å². The van der Waals surface area contributed by atoms with E-state index < -0.39 is 18.1 Å². The van der Waals surface area contributed by atoms with E-state index in [9.17, 15) is 18.4 Å². The lowest BCUT2D eigenvalue weighted by Crippen LogP contribution is -2.26. The summed E-state index contributed by atoms with van der Waals surface area (Å²) >= 11 is 0. The number of fused-ring (bicyclic) bond motifs is 1. The van der Waals surface area contributed by atoms with Gasteiger partial charge in [0.05, 0.1) is 5.69 Å². The molecule has 2 aromatic heterocycles. The van der Waals surface area contributed by atoms with Gasteiger partial charge in [0.25, 0.3) is 11.5 Å². The van der Waals surface area contributed by atoms with Crippen LogP contribution in [0.5, 0.6) is 5.75 Å². The van der Waals surface area contributed by atoms with Crippen LogP contribution >= 0.6 is 0 Å². The number of rotatable bonds is 4. The lowest BCUT2D eigenvalue weighted by atomic mass is 10.2. The summed E-state index contributed by atoms with van der Waals surface area (Å²) < 4.78 is 30.5. The lowest BCUT2D eigenvalue weighted by molar-refractivity contribution is -0.0493. The zero-order valence-electron chi connectivity index (χ0n) is 13.1. The van der Waals surface area contributed by atoms with Gasteiger partial charge in [-0.15, -0.1) is 0 Å². The average Bonchev–Trinajstić information content (AvgIpc) is 2.56. The van der Waals surface area contributed by atoms with Crippen LogP contribution in [0.1, 0.15) is 15.9 Å². The SMILES string of the molecule is Cc1ccn2c(=O)c(C(=O)Nc3ccccc3OC(F)F)cnc2c1. The normalized spacial score (nSPS) is 10.9. The Morgan fingerprint density at radius 2 is 2.04 bits per heavy atom. The first-order valence-electron chi connectivity index (χ1n) is 7.29. The highest BCUT2D eigenvalue weighted by atomic mass is 19.3. The number of para-hydroxylation sites is 2. The van der Waals surface area contributed by atoms with Crippen LogP contribution in [0.25, 0.3) is 5.65 Å². The number of hydrogen-bond donors (Lipinski definition) is 1. The number of aromatic nitrogens is 2. The molecule has 3 rings (SSSR count). The molecule has 6 nitrogen and oxygen atoms in total. The van der Waals surface area contributed by atoms with Crippen LogP contribution in [0.2, 0.25) is 0 Å². The summed E-state index contributed by atoms with van der Waals surface area (Å²) in [5.74, 6) is -0.965. The molecule has 0 atom stereocenters. The standard InChI is InChI=1S/C17H13F2N3O3/c1-10-6-7-22-14(8-10)20-9-11(16(22)24)15(23)21-12-4-2-3-5-13(12)25-17(18)19/h2-9,17H,1H3,(H,21,23). The molecule has 2 heterocycles. The van der Waals surface area contributed by atoms with Gasteiger partial charge in [-0.2, -0.15) is 8.78 Å². The van der Waals surface area contributed by atoms with E-state index in [2.05, 4.69) is 15.0 Å². The molecule has 1 aromatic carbocycles. The topological polar surface area (TPSA) is 72.7 Å². The third-order valence-corrected chi connectivity index (χ3v) is 3.46. The van der Waals surface area contributed by atoms with Gasteiger partial charge in [0.2, 0.25) is 0 Å². The summed E-state index contributed by atoms with van der Waals surface area (Å²) in [4.78, 5) is 28.9. The number of anilines is 1. The average molecular weight is 345 g/mol. The van der Waals surface area contributed by atoms with Gasteiger partial charge >= 0.3 is 6.61 Å². The Morgan fingerprint density at radius 3 is 2.80 bits per heavy atom. The summed E-state index contributed by atoms with van der Waals surface area (Å²) in [5.41, 5.74) is 0.578. The number of halogens is 2. The Hall–Kier alpha value is -3.29. The van der Waals surface area contributed by atoms with Crippen LogP contribution < -0.4 is 15.6 Å². The second-order valence-electron chi connectivity index (χ2n) is 5.24. The van der Waals surface area contributed by atoms with Crippen LogP contribution in [0.4, 0.5) is 14.5 Å². The van der Waals surface area contributed by atoms with Gasteiger partial charge in [0.1, 0.15) is 17.0 Å². The van der Waals surface area contributed by atoms with Crippen molar-refractivity contribution in [2.24, 2.45) is 0 Å². The minimum absolute atomic E-state index is 0.0289. The largest absolute Gasteiger partial charge is 0.433 e. The maximum Gasteiger partial charge on any atom is 0.387 e. The van der Waals surface area contributed by atoms with Crippen LogP contribution in [-0.4, -0.2) is 21.9 Å². The molecule has 0 saturated carbocycles. The molecule has 0 unspecified atom stereocenters. The molecule has 0 aliphatic carbocycles. The smallest absolute Gasteiger partial charge is 0.387 e. The molecule has 0 aliphatic rings. The van der Waals surface area contributed by atoms with E-state index in [-0.39, 0.29) is 17.0 Å².